The third kappa shape index (κ3) is 3.59. The molecule has 0 unspecified atom stereocenters. The first-order valence-electron chi connectivity index (χ1n) is 6.64. The van der Waals surface area contributed by atoms with E-state index in [1.54, 1.807) is 24.3 Å². The van der Waals surface area contributed by atoms with Gasteiger partial charge in [0.1, 0.15) is 0 Å². The summed E-state index contributed by atoms with van der Waals surface area (Å²) in [6.07, 6.45) is 0.530. The van der Waals surface area contributed by atoms with Gasteiger partial charge in [-0.1, -0.05) is 51.4 Å². The van der Waals surface area contributed by atoms with Crippen LogP contribution in [0.3, 0.4) is 0 Å². The first kappa shape index (κ1) is 14.5. The van der Waals surface area contributed by atoms with Crippen molar-refractivity contribution < 1.29 is 9.21 Å². The van der Waals surface area contributed by atoms with Crippen molar-refractivity contribution in [3.63, 3.8) is 0 Å². The van der Waals surface area contributed by atoms with Crippen molar-refractivity contribution in [3.8, 4) is 0 Å². The smallest absolute Gasteiger partial charge is 0.322 e. The van der Waals surface area contributed by atoms with Gasteiger partial charge in [-0.05, 0) is 29.8 Å². The number of nitrogens with one attached hydrogen (secondary N) is 1. The number of nitrogens with zero attached hydrogens (tertiary/aromatic N) is 2. The molecule has 0 bridgehead atoms. The summed E-state index contributed by atoms with van der Waals surface area (Å²) in [6.45, 7) is 0. The van der Waals surface area contributed by atoms with Crippen LogP contribution in [-0.4, -0.2) is 16.1 Å². The van der Waals surface area contributed by atoms with E-state index in [2.05, 4.69) is 31.4 Å². The molecule has 3 aromatic rings. The molecule has 1 amide bonds. The fourth-order valence-electron chi connectivity index (χ4n) is 1.92. The van der Waals surface area contributed by atoms with Crippen LogP contribution in [0.15, 0.2) is 63.5 Å². The molecular weight excluding hydrogens is 346 g/mol. The Balaban J connectivity index is 1.66. The molecule has 0 saturated carbocycles. The predicted octanol–water partition coefficient (Wildman–Crippen LogP) is 3.68. The monoisotopic (exact) mass is 357 g/mol. The lowest BCUT2D eigenvalue weighted by Crippen LogP contribution is -2.11. The summed E-state index contributed by atoms with van der Waals surface area (Å²) in [6, 6.07) is 16.9. The maximum absolute atomic E-state index is 12.0. The molecule has 0 radical (unpaired) electrons. The average Bonchev–Trinajstić information content (AvgIpc) is 2.96. The Hall–Kier alpha value is -2.47. The maximum atomic E-state index is 12.0. The third-order valence-electron chi connectivity index (χ3n) is 2.99. The number of aromatic nitrogens is 2. The van der Waals surface area contributed by atoms with Crippen LogP contribution in [0.4, 0.5) is 6.01 Å². The van der Waals surface area contributed by atoms with Gasteiger partial charge in [-0.3, -0.25) is 10.1 Å². The second-order valence-corrected chi connectivity index (χ2v) is 5.54. The maximum Gasteiger partial charge on any atom is 0.322 e. The number of hydrogen-bond donors (Lipinski definition) is 1. The first-order chi connectivity index (χ1) is 10.7. The fourth-order valence-corrected chi connectivity index (χ4v) is 2.18. The van der Waals surface area contributed by atoms with E-state index in [-0.39, 0.29) is 11.9 Å². The second kappa shape index (κ2) is 6.53. The molecule has 1 N–H and O–H groups in total. The Morgan fingerprint density at radius 1 is 1.05 bits per heavy atom. The van der Waals surface area contributed by atoms with Gasteiger partial charge in [0.05, 0.1) is 6.42 Å². The van der Waals surface area contributed by atoms with Crippen molar-refractivity contribution in [2.45, 2.75) is 6.42 Å². The molecule has 0 aliphatic heterocycles. The fraction of sp³-hybridized carbons (Fsp3) is 0.0625. The Kier molecular flexibility index (Phi) is 4.29. The summed E-state index contributed by atoms with van der Waals surface area (Å²) in [7, 11) is 0. The second-order valence-electron chi connectivity index (χ2n) is 4.62. The highest BCUT2D eigenvalue weighted by Crippen LogP contribution is 2.14. The van der Waals surface area contributed by atoms with Gasteiger partial charge in [0.25, 0.3) is 5.91 Å². The minimum absolute atomic E-state index is 0.0962. The minimum atomic E-state index is -0.289. The highest BCUT2D eigenvalue weighted by Gasteiger charge is 2.11. The summed E-state index contributed by atoms with van der Waals surface area (Å²) in [4.78, 5) is 12.0. The zero-order valence-corrected chi connectivity index (χ0v) is 13.1. The van der Waals surface area contributed by atoms with Crippen molar-refractivity contribution >= 4 is 27.9 Å². The number of anilines is 1. The summed E-state index contributed by atoms with van der Waals surface area (Å²) in [5.74, 6) is 0.166. The number of rotatable bonds is 4. The van der Waals surface area contributed by atoms with Crippen molar-refractivity contribution in [1.82, 2.24) is 10.2 Å². The predicted molar refractivity (Wildman–Crippen MR) is 85.6 cm³/mol. The zero-order chi connectivity index (χ0) is 15.4. The molecule has 1 heterocycles. The van der Waals surface area contributed by atoms with E-state index in [0.717, 1.165) is 10.0 Å². The van der Waals surface area contributed by atoms with Crippen LogP contribution in [-0.2, 0) is 6.42 Å². The molecular formula is C16H12BrN3O2. The quantitative estimate of drug-likeness (QED) is 0.773. The van der Waals surface area contributed by atoms with E-state index >= 15 is 0 Å². The van der Waals surface area contributed by atoms with E-state index in [4.69, 9.17) is 4.42 Å². The molecule has 6 heteroatoms. The van der Waals surface area contributed by atoms with Gasteiger partial charge >= 0.3 is 6.01 Å². The van der Waals surface area contributed by atoms with Crippen LogP contribution in [0.5, 0.6) is 0 Å². The lowest BCUT2D eigenvalue weighted by atomic mass is 10.2. The van der Waals surface area contributed by atoms with Crippen LogP contribution < -0.4 is 5.32 Å². The van der Waals surface area contributed by atoms with Gasteiger partial charge in [0.2, 0.25) is 5.89 Å². The SMILES string of the molecule is O=C(Nc1nnc(Cc2ccccc2)o1)c1ccc(Br)cc1. The normalized spacial score (nSPS) is 10.4. The summed E-state index contributed by atoms with van der Waals surface area (Å²) in [5, 5.41) is 10.4. The van der Waals surface area contributed by atoms with Crippen molar-refractivity contribution in [3.05, 3.63) is 76.1 Å². The number of amides is 1. The van der Waals surface area contributed by atoms with E-state index in [1.165, 1.54) is 0 Å². The third-order valence-corrected chi connectivity index (χ3v) is 3.52. The standard InChI is InChI=1S/C16H12BrN3O2/c17-13-8-6-12(7-9-13)15(21)18-16-20-19-14(22-16)10-11-4-2-1-3-5-11/h1-9H,10H2,(H,18,20,21). The molecule has 0 fully saturated rings. The van der Waals surface area contributed by atoms with E-state index < -0.39 is 0 Å². The Labute approximate surface area is 135 Å². The molecule has 2 aromatic carbocycles. The van der Waals surface area contributed by atoms with Gasteiger partial charge < -0.3 is 4.42 Å². The molecule has 5 nitrogen and oxygen atoms in total. The highest BCUT2D eigenvalue weighted by atomic mass is 79.9. The van der Waals surface area contributed by atoms with Crippen molar-refractivity contribution in [2.75, 3.05) is 5.32 Å². The molecule has 110 valence electrons. The van der Waals surface area contributed by atoms with Crippen LogP contribution in [0.1, 0.15) is 21.8 Å². The Morgan fingerprint density at radius 2 is 1.77 bits per heavy atom. The van der Waals surface area contributed by atoms with E-state index in [9.17, 15) is 4.79 Å². The lowest BCUT2D eigenvalue weighted by Gasteiger charge is -2.00. The van der Waals surface area contributed by atoms with Crippen LogP contribution >= 0.6 is 15.9 Å². The number of hydrogen-bond acceptors (Lipinski definition) is 4. The minimum Gasteiger partial charge on any atom is -0.407 e. The van der Waals surface area contributed by atoms with Crippen molar-refractivity contribution in [2.24, 2.45) is 0 Å². The zero-order valence-electron chi connectivity index (χ0n) is 11.5. The number of benzene rings is 2. The Bertz CT molecular complexity index is 770. The topological polar surface area (TPSA) is 68.0 Å². The van der Waals surface area contributed by atoms with E-state index in [1.807, 2.05) is 30.3 Å². The number of carbonyl (C=O) groups excluding carboxylic acids is 1. The first-order valence-corrected chi connectivity index (χ1v) is 7.43. The van der Waals surface area contributed by atoms with Crippen LogP contribution in [0.2, 0.25) is 0 Å². The van der Waals surface area contributed by atoms with Gasteiger partial charge in [0, 0.05) is 10.0 Å². The van der Waals surface area contributed by atoms with Crippen LogP contribution in [0.25, 0.3) is 0 Å². The molecule has 1 aromatic heterocycles. The number of halogens is 1. The summed E-state index contributed by atoms with van der Waals surface area (Å²) in [5.41, 5.74) is 1.59. The molecule has 3 rings (SSSR count). The Morgan fingerprint density at radius 3 is 2.50 bits per heavy atom. The number of carbonyl (C=O) groups is 1. The highest BCUT2D eigenvalue weighted by molar-refractivity contribution is 9.10. The molecule has 0 saturated heterocycles. The van der Waals surface area contributed by atoms with Gasteiger partial charge in [-0.15, -0.1) is 5.10 Å². The van der Waals surface area contributed by atoms with Gasteiger partial charge in [-0.2, -0.15) is 0 Å². The van der Waals surface area contributed by atoms with Gasteiger partial charge in [-0.25, -0.2) is 0 Å². The molecule has 0 aliphatic rings. The molecule has 0 aliphatic carbocycles. The molecule has 0 spiro atoms. The van der Waals surface area contributed by atoms with E-state index in [0.29, 0.717) is 17.9 Å². The molecule has 0 atom stereocenters. The van der Waals surface area contributed by atoms with Crippen LogP contribution in [0, 0.1) is 0 Å². The largest absolute Gasteiger partial charge is 0.407 e. The summed E-state index contributed by atoms with van der Waals surface area (Å²) >= 11 is 3.32. The average molecular weight is 358 g/mol. The lowest BCUT2D eigenvalue weighted by molar-refractivity contribution is 0.102. The summed E-state index contributed by atoms with van der Waals surface area (Å²) < 4.78 is 6.35. The van der Waals surface area contributed by atoms with Gasteiger partial charge in [0.15, 0.2) is 0 Å². The van der Waals surface area contributed by atoms with Crippen molar-refractivity contribution in [1.29, 1.82) is 0 Å². The molecule has 22 heavy (non-hydrogen) atoms.